The van der Waals surface area contributed by atoms with Gasteiger partial charge in [-0.15, -0.1) is 0 Å². The number of amides is 1. The summed E-state index contributed by atoms with van der Waals surface area (Å²) in [6.45, 7) is 6.70. The van der Waals surface area contributed by atoms with Crippen LogP contribution in [0.15, 0.2) is 54.6 Å². The number of carbonyl (C=O) groups is 1. The maximum absolute atomic E-state index is 12.6. The first kappa shape index (κ1) is 21.0. The number of rotatable bonds is 6. The zero-order valence-electron chi connectivity index (χ0n) is 17.1. The van der Waals surface area contributed by atoms with Crippen molar-refractivity contribution in [3.8, 4) is 5.75 Å². The summed E-state index contributed by atoms with van der Waals surface area (Å²) in [7, 11) is 0. The van der Waals surface area contributed by atoms with Crippen molar-refractivity contribution < 1.29 is 14.3 Å². The standard InChI is InChI=1S/C23H28ClN3O3/c24-19-6-8-21(9-7-19)30-18-23(28)27-14-15-29-22(17-27)16-25-10-12-26(13-11-25)20-4-2-1-3-5-20/h1-9,22H,10-18H2/t22-/m0/s1. The van der Waals surface area contributed by atoms with E-state index in [0.29, 0.717) is 30.5 Å². The topological polar surface area (TPSA) is 45.2 Å². The van der Waals surface area contributed by atoms with Gasteiger partial charge in [0.1, 0.15) is 5.75 Å². The van der Waals surface area contributed by atoms with Crippen LogP contribution in [-0.4, -0.2) is 80.8 Å². The summed E-state index contributed by atoms with van der Waals surface area (Å²) >= 11 is 5.88. The minimum Gasteiger partial charge on any atom is -0.484 e. The number of nitrogens with zero attached hydrogens (tertiary/aromatic N) is 3. The summed E-state index contributed by atoms with van der Waals surface area (Å²) in [6, 6.07) is 17.6. The number of ether oxygens (including phenoxy) is 2. The molecule has 160 valence electrons. The molecule has 0 N–H and O–H groups in total. The van der Waals surface area contributed by atoms with Gasteiger partial charge in [0.25, 0.3) is 5.91 Å². The van der Waals surface area contributed by atoms with Crippen molar-refractivity contribution in [1.82, 2.24) is 9.80 Å². The number of benzene rings is 2. The average molecular weight is 430 g/mol. The van der Waals surface area contributed by atoms with Crippen LogP contribution in [-0.2, 0) is 9.53 Å². The summed E-state index contributed by atoms with van der Waals surface area (Å²) in [5.41, 5.74) is 1.28. The fourth-order valence-corrected chi connectivity index (χ4v) is 4.06. The van der Waals surface area contributed by atoms with E-state index in [1.54, 1.807) is 24.3 Å². The van der Waals surface area contributed by atoms with E-state index in [4.69, 9.17) is 21.1 Å². The summed E-state index contributed by atoms with van der Waals surface area (Å²) in [5.74, 6) is 0.640. The quantitative estimate of drug-likeness (QED) is 0.706. The number of morpholine rings is 1. The lowest BCUT2D eigenvalue weighted by Crippen LogP contribution is -2.54. The summed E-state index contributed by atoms with van der Waals surface area (Å²) in [5, 5.41) is 0.647. The van der Waals surface area contributed by atoms with Crippen LogP contribution in [0.5, 0.6) is 5.75 Å². The molecule has 2 saturated heterocycles. The van der Waals surface area contributed by atoms with Crippen LogP contribution in [0.2, 0.25) is 5.02 Å². The lowest BCUT2D eigenvalue weighted by Gasteiger charge is -2.40. The predicted molar refractivity (Wildman–Crippen MR) is 118 cm³/mol. The number of anilines is 1. The molecule has 1 atom stereocenters. The molecule has 0 bridgehead atoms. The van der Waals surface area contributed by atoms with Crippen molar-refractivity contribution in [3.05, 3.63) is 59.6 Å². The van der Waals surface area contributed by atoms with E-state index in [1.807, 2.05) is 11.0 Å². The molecule has 0 aliphatic carbocycles. The number of piperazine rings is 1. The monoisotopic (exact) mass is 429 g/mol. The van der Waals surface area contributed by atoms with Gasteiger partial charge in [0.05, 0.1) is 12.7 Å². The molecule has 0 radical (unpaired) electrons. The van der Waals surface area contributed by atoms with E-state index in [2.05, 4.69) is 34.1 Å². The molecule has 30 heavy (non-hydrogen) atoms. The zero-order chi connectivity index (χ0) is 20.8. The van der Waals surface area contributed by atoms with Gasteiger partial charge >= 0.3 is 0 Å². The molecule has 0 saturated carbocycles. The number of hydrogen-bond donors (Lipinski definition) is 0. The highest BCUT2D eigenvalue weighted by Crippen LogP contribution is 2.18. The lowest BCUT2D eigenvalue weighted by molar-refractivity contribution is -0.141. The van der Waals surface area contributed by atoms with Crippen LogP contribution in [0, 0.1) is 0 Å². The molecule has 2 aliphatic rings. The normalized spacial score (nSPS) is 20.2. The number of carbonyl (C=O) groups excluding carboxylic acids is 1. The maximum Gasteiger partial charge on any atom is 0.260 e. The summed E-state index contributed by atoms with van der Waals surface area (Å²) in [6.07, 6.45) is 0.0431. The van der Waals surface area contributed by atoms with Crippen LogP contribution in [0.3, 0.4) is 0 Å². The molecule has 0 aromatic heterocycles. The minimum absolute atomic E-state index is 0.00727. The van der Waals surface area contributed by atoms with Crippen molar-refractivity contribution in [1.29, 1.82) is 0 Å². The Morgan fingerprint density at radius 1 is 1.00 bits per heavy atom. The number of halogens is 1. The minimum atomic E-state index is -0.00727. The molecule has 6 nitrogen and oxygen atoms in total. The second-order valence-corrected chi connectivity index (χ2v) is 8.13. The third kappa shape index (κ3) is 5.65. The lowest BCUT2D eigenvalue weighted by atomic mass is 10.2. The van der Waals surface area contributed by atoms with Gasteiger partial charge < -0.3 is 19.3 Å². The first-order valence-electron chi connectivity index (χ1n) is 10.5. The fraction of sp³-hybridized carbons (Fsp3) is 0.435. The van der Waals surface area contributed by atoms with Gasteiger partial charge in [0.15, 0.2) is 6.61 Å². The van der Waals surface area contributed by atoms with E-state index in [0.717, 1.165) is 32.7 Å². The molecule has 4 rings (SSSR count). The number of para-hydroxylation sites is 1. The Morgan fingerprint density at radius 3 is 2.47 bits per heavy atom. The van der Waals surface area contributed by atoms with Gasteiger partial charge in [-0.05, 0) is 36.4 Å². The first-order valence-corrected chi connectivity index (χ1v) is 10.9. The second-order valence-electron chi connectivity index (χ2n) is 7.70. The molecule has 2 aromatic carbocycles. The highest BCUT2D eigenvalue weighted by molar-refractivity contribution is 6.30. The van der Waals surface area contributed by atoms with E-state index < -0.39 is 0 Å². The van der Waals surface area contributed by atoms with E-state index in [-0.39, 0.29) is 18.6 Å². The Hall–Kier alpha value is -2.28. The molecule has 2 heterocycles. The van der Waals surface area contributed by atoms with Gasteiger partial charge in [0.2, 0.25) is 0 Å². The Bertz CT molecular complexity index is 810. The van der Waals surface area contributed by atoms with Gasteiger partial charge in [0, 0.05) is 56.5 Å². The van der Waals surface area contributed by atoms with Crippen LogP contribution in [0.25, 0.3) is 0 Å². The molecule has 2 aliphatic heterocycles. The Balaban J connectivity index is 1.21. The van der Waals surface area contributed by atoms with Crippen molar-refractivity contribution in [2.75, 3.05) is 63.9 Å². The van der Waals surface area contributed by atoms with Gasteiger partial charge in [-0.2, -0.15) is 0 Å². The SMILES string of the molecule is O=C(COc1ccc(Cl)cc1)N1CCO[C@@H](CN2CCN(c3ccccc3)CC2)C1. The average Bonchev–Trinajstić information content (AvgIpc) is 2.80. The van der Waals surface area contributed by atoms with Gasteiger partial charge in [-0.3, -0.25) is 9.69 Å². The summed E-state index contributed by atoms with van der Waals surface area (Å²) < 4.78 is 11.6. The second kappa shape index (κ2) is 10.2. The van der Waals surface area contributed by atoms with Crippen LogP contribution >= 0.6 is 11.6 Å². The van der Waals surface area contributed by atoms with Gasteiger partial charge in [-0.1, -0.05) is 29.8 Å². The molecule has 0 spiro atoms. The third-order valence-electron chi connectivity index (χ3n) is 5.62. The number of hydrogen-bond acceptors (Lipinski definition) is 5. The molecule has 7 heteroatoms. The summed E-state index contributed by atoms with van der Waals surface area (Å²) in [4.78, 5) is 19.3. The maximum atomic E-state index is 12.6. The van der Waals surface area contributed by atoms with Crippen molar-refractivity contribution in [2.24, 2.45) is 0 Å². The molecular weight excluding hydrogens is 402 g/mol. The molecule has 0 unspecified atom stereocenters. The third-order valence-corrected chi connectivity index (χ3v) is 5.87. The highest BCUT2D eigenvalue weighted by atomic mass is 35.5. The van der Waals surface area contributed by atoms with Crippen molar-refractivity contribution in [2.45, 2.75) is 6.10 Å². The Morgan fingerprint density at radius 2 is 1.73 bits per heavy atom. The van der Waals surface area contributed by atoms with E-state index in [1.165, 1.54) is 5.69 Å². The van der Waals surface area contributed by atoms with E-state index >= 15 is 0 Å². The smallest absolute Gasteiger partial charge is 0.260 e. The predicted octanol–water partition coefficient (Wildman–Crippen LogP) is 2.77. The van der Waals surface area contributed by atoms with E-state index in [9.17, 15) is 4.79 Å². The molecule has 1 amide bonds. The largest absolute Gasteiger partial charge is 0.484 e. The fourth-order valence-electron chi connectivity index (χ4n) is 3.94. The van der Waals surface area contributed by atoms with Crippen LogP contribution < -0.4 is 9.64 Å². The molecular formula is C23H28ClN3O3. The molecule has 2 fully saturated rings. The van der Waals surface area contributed by atoms with Crippen molar-refractivity contribution >= 4 is 23.2 Å². The van der Waals surface area contributed by atoms with Crippen LogP contribution in [0.1, 0.15) is 0 Å². The Labute approximate surface area is 182 Å². The Kier molecular flexibility index (Phi) is 7.10. The van der Waals surface area contributed by atoms with Crippen LogP contribution in [0.4, 0.5) is 5.69 Å². The zero-order valence-corrected chi connectivity index (χ0v) is 17.8. The highest BCUT2D eigenvalue weighted by Gasteiger charge is 2.27. The first-order chi connectivity index (χ1) is 14.7. The molecule has 2 aromatic rings. The van der Waals surface area contributed by atoms with Crippen molar-refractivity contribution in [3.63, 3.8) is 0 Å². The van der Waals surface area contributed by atoms with Gasteiger partial charge in [-0.25, -0.2) is 0 Å².